The van der Waals surface area contributed by atoms with Gasteiger partial charge in [0.1, 0.15) is 0 Å². The van der Waals surface area contributed by atoms with E-state index in [-0.39, 0.29) is 27.2 Å². The fourth-order valence-electron chi connectivity index (χ4n) is 3.82. The zero-order chi connectivity index (χ0) is 24.5. The summed E-state index contributed by atoms with van der Waals surface area (Å²) in [5, 5.41) is 6.73. The summed E-state index contributed by atoms with van der Waals surface area (Å²) >= 11 is 11.9. The number of hydrogen-bond donors (Lipinski definition) is 1. The molecule has 4 rings (SSSR count). The highest BCUT2D eigenvalue weighted by molar-refractivity contribution is 6.34. The number of carbonyl (C=O) groups excluding carboxylic acids is 1. The SMILES string of the molecule is Cc1cc(C2=NOC(c3cc(Cl)cc(Cl)c3)(C(F)(F)F)C2)ccc1C(=O)NCc1ccccc1. The molecule has 1 aliphatic heterocycles. The van der Waals surface area contributed by atoms with Crippen molar-refractivity contribution >= 4 is 34.8 Å². The molecule has 1 heterocycles. The van der Waals surface area contributed by atoms with Crippen molar-refractivity contribution < 1.29 is 22.8 Å². The van der Waals surface area contributed by atoms with Crippen LogP contribution in [-0.2, 0) is 17.0 Å². The molecule has 0 bridgehead atoms. The van der Waals surface area contributed by atoms with E-state index < -0.39 is 18.2 Å². The molecule has 0 aromatic heterocycles. The van der Waals surface area contributed by atoms with E-state index in [0.717, 1.165) is 5.56 Å². The predicted octanol–water partition coefficient (Wildman–Crippen LogP) is 6.81. The van der Waals surface area contributed by atoms with Crippen LogP contribution in [0, 0.1) is 6.92 Å². The number of halogens is 5. The van der Waals surface area contributed by atoms with Gasteiger partial charge < -0.3 is 10.2 Å². The molecular weight excluding hydrogens is 488 g/mol. The van der Waals surface area contributed by atoms with Crippen LogP contribution in [0.5, 0.6) is 0 Å². The van der Waals surface area contributed by atoms with Crippen LogP contribution < -0.4 is 5.32 Å². The van der Waals surface area contributed by atoms with Gasteiger partial charge in [0.25, 0.3) is 11.5 Å². The summed E-state index contributed by atoms with van der Waals surface area (Å²) in [6, 6.07) is 17.9. The number of hydrogen-bond acceptors (Lipinski definition) is 3. The minimum Gasteiger partial charge on any atom is -0.374 e. The third kappa shape index (κ3) is 4.76. The lowest BCUT2D eigenvalue weighted by molar-refractivity contribution is -0.275. The van der Waals surface area contributed by atoms with Gasteiger partial charge >= 0.3 is 6.18 Å². The second-order valence-electron chi connectivity index (χ2n) is 7.99. The molecule has 1 aliphatic rings. The standard InChI is InChI=1S/C25H19Cl2F3N2O2/c1-15-9-17(7-8-21(15)23(33)31-14-16-5-3-2-4-6-16)22-13-24(34-32-22,25(28,29)30)18-10-19(26)12-20(27)11-18/h2-12H,13-14H2,1H3,(H,31,33). The second-order valence-corrected chi connectivity index (χ2v) is 8.86. The Bertz CT molecular complexity index is 1240. The molecule has 0 saturated carbocycles. The van der Waals surface area contributed by atoms with E-state index >= 15 is 0 Å². The molecule has 0 saturated heterocycles. The van der Waals surface area contributed by atoms with E-state index in [9.17, 15) is 18.0 Å². The summed E-state index contributed by atoms with van der Waals surface area (Å²) in [5.41, 5.74) is -0.443. The number of amides is 1. The average molecular weight is 507 g/mol. The van der Waals surface area contributed by atoms with Crippen molar-refractivity contribution in [1.82, 2.24) is 5.32 Å². The normalized spacial score (nSPS) is 17.8. The van der Waals surface area contributed by atoms with Crippen molar-refractivity contribution in [3.63, 3.8) is 0 Å². The number of nitrogens with one attached hydrogen (secondary N) is 1. The molecule has 1 unspecified atom stereocenters. The number of benzene rings is 3. The Labute approximate surface area is 204 Å². The third-order valence-corrected chi connectivity index (χ3v) is 6.05. The maximum Gasteiger partial charge on any atom is 0.435 e. The lowest BCUT2D eigenvalue weighted by Gasteiger charge is -2.29. The zero-order valence-electron chi connectivity index (χ0n) is 17.9. The molecular formula is C25H19Cl2F3N2O2. The molecule has 0 radical (unpaired) electrons. The minimum absolute atomic E-state index is 0.0601. The maximum absolute atomic E-state index is 14.2. The smallest absolute Gasteiger partial charge is 0.374 e. The Morgan fingerprint density at radius 3 is 2.35 bits per heavy atom. The molecule has 9 heteroatoms. The second kappa shape index (κ2) is 9.31. The fraction of sp³-hybridized carbons (Fsp3) is 0.200. The maximum atomic E-state index is 14.2. The zero-order valence-corrected chi connectivity index (χ0v) is 19.4. The Kier molecular flexibility index (Phi) is 6.60. The summed E-state index contributed by atoms with van der Waals surface area (Å²) in [6.07, 6.45) is -5.34. The van der Waals surface area contributed by atoms with E-state index in [1.165, 1.54) is 18.2 Å². The van der Waals surface area contributed by atoms with Gasteiger partial charge in [0.05, 0.1) is 5.71 Å². The molecule has 1 N–H and O–H groups in total. The van der Waals surface area contributed by atoms with E-state index in [1.807, 2.05) is 30.3 Å². The van der Waals surface area contributed by atoms with Gasteiger partial charge in [0, 0.05) is 34.1 Å². The van der Waals surface area contributed by atoms with Crippen LogP contribution in [0.2, 0.25) is 10.0 Å². The van der Waals surface area contributed by atoms with Crippen molar-refractivity contribution in [1.29, 1.82) is 0 Å². The van der Waals surface area contributed by atoms with Gasteiger partial charge in [-0.2, -0.15) is 13.2 Å². The number of alkyl halides is 3. The van der Waals surface area contributed by atoms with Gasteiger partial charge in [0.2, 0.25) is 0 Å². The Morgan fingerprint density at radius 1 is 1.06 bits per heavy atom. The van der Waals surface area contributed by atoms with E-state index in [2.05, 4.69) is 10.5 Å². The van der Waals surface area contributed by atoms with Crippen LogP contribution in [0.15, 0.2) is 71.9 Å². The molecule has 0 fully saturated rings. The van der Waals surface area contributed by atoms with Crippen LogP contribution in [0.4, 0.5) is 13.2 Å². The molecule has 34 heavy (non-hydrogen) atoms. The monoisotopic (exact) mass is 506 g/mol. The summed E-state index contributed by atoms with van der Waals surface area (Å²) in [7, 11) is 0. The number of carbonyl (C=O) groups is 1. The first kappa shape index (κ1) is 24.1. The van der Waals surface area contributed by atoms with Crippen molar-refractivity contribution in [3.8, 4) is 0 Å². The first-order valence-corrected chi connectivity index (χ1v) is 11.1. The Hall–Kier alpha value is -3.03. The van der Waals surface area contributed by atoms with Gasteiger partial charge in [-0.05, 0) is 53.9 Å². The van der Waals surface area contributed by atoms with E-state index in [1.54, 1.807) is 25.1 Å². The van der Waals surface area contributed by atoms with Crippen LogP contribution in [0.25, 0.3) is 0 Å². The van der Waals surface area contributed by atoms with Gasteiger partial charge in [-0.25, -0.2) is 0 Å². The topological polar surface area (TPSA) is 50.7 Å². The number of rotatable bonds is 5. The molecule has 176 valence electrons. The largest absolute Gasteiger partial charge is 0.435 e. The summed E-state index contributed by atoms with van der Waals surface area (Å²) < 4.78 is 42.6. The molecule has 1 atom stereocenters. The number of aryl methyl sites for hydroxylation is 1. The first-order chi connectivity index (χ1) is 16.1. The van der Waals surface area contributed by atoms with E-state index in [0.29, 0.717) is 23.2 Å². The number of oxime groups is 1. The van der Waals surface area contributed by atoms with Crippen LogP contribution >= 0.6 is 23.2 Å². The van der Waals surface area contributed by atoms with Gasteiger partial charge in [-0.1, -0.05) is 64.8 Å². The first-order valence-electron chi connectivity index (χ1n) is 10.3. The minimum atomic E-state index is -4.78. The highest BCUT2D eigenvalue weighted by Gasteiger charge is 2.62. The van der Waals surface area contributed by atoms with Crippen molar-refractivity contribution in [3.05, 3.63) is 105 Å². The van der Waals surface area contributed by atoms with Crippen molar-refractivity contribution in [2.75, 3.05) is 0 Å². The van der Waals surface area contributed by atoms with Crippen molar-refractivity contribution in [2.24, 2.45) is 5.16 Å². The molecule has 3 aromatic rings. The molecule has 0 spiro atoms. The molecule has 0 aliphatic carbocycles. The van der Waals surface area contributed by atoms with Crippen LogP contribution in [0.1, 0.15) is 39.0 Å². The predicted molar refractivity (Wildman–Crippen MR) is 125 cm³/mol. The van der Waals surface area contributed by atoms with Gasteiger partial charge in [-0.15, -0.1) is 0 Å². The van der Waals surface area contributed by atoms with Gasteiger partial charge in [0.15, 0.2) is 0 Å². The Morgan fingerprint density at radius 2 is 1.74 bits per heavy atom. The Balaban J connectivity index is 1.56. The fourth-order valence-corrected chi connectivity index (χ4v) is 4.34. The van der Waals surface area contributed by atoms with E-state index in [4.69, 9.17) is 28.0 Å². The van der Waals surface area contributed by atoms with Crippen LogP contribution in [0.3, 0.4) is 0 Å². The summed E-state index contributed by atoms with van der Waals surface area (Å²) in [5.74, 6) is -0.282. The molecule has 3 aromatic carbocycles. The quantitative estimate of drug-likeness (QED) is 0.413. The lowest BCUT2D eigenvalue weighted by Crippen LogP contribution is -2.42. The molecule has 1 amide bonds. The number of nitrogens with zero attached hydrogens (tertiary/aromatic N) is 1. The average Bonchev–Trinajstić information content (AvgIpc) is 3.25. The third-order valence-electron chi connectivity index (χ3n) is 5.61. The van der Waals surface area contributed by atoms with Gasteiger partial charge in [-0.3, -0.25) is 4.79 Å². The van der Waals surface area contributed by atoms with Crippen molar-refractivity contribution in [2.45, 2.75) is 31.7 Å². The summed E-state index contributed by atoms with van der Waals surface area (Å²) in [6.45, 7) is 2.07. The highest BCUT2D eigenvalue weighted by Crippen LogP contribution is 2.49. The molecule has 4 nitrogen and oxygen atoms in total. The summed E-state index contributed by atoms with van der Waals surface area (Å²) in [4.78, 5) is 17.7. The van der Waals surface area contributed by atoms with Crippen LogP contribution in [-0.4, -0.2) is 17.8 Å². The lowest BCUT2D eigenvalue weighted by atomic mass is 9.86. The highest BCUT2D eigenvalue weighted by atomic mass is 35.5.